The number of oxazole rings is 1. The molecule has 0 fully saturated rings. The second-order valence-corrected chi connectivity index (χ2v) is 3.41. The van der Waals surface area contributed by atoms with Crippen molar-refractivity contribution in [1.29, 1.82) is 0 Å². The van der Waals surface area contributed by atoms with Crippen molar-refractivity contribution in [2.75, 3.05) is 19.0 Å². The molecule has 5 nitrogen and oxygen atoms in total. The van der Waals surface area contributed by atoms with E-state index in [-0.39, 0.29) is 0 Å². The number of carbonyl (C=O) groups excluding carboxylic acids is 1. The van der Waals surface area contributed by atoms with E-state index in [2.05, 4.69) is 4.98 Å². The van der Waals surface area contributed by atoms with Crippen LogP contribution >= 0.6 is 0 Å². The van der Waals surface area contributed by atoms with Gasteiger partial charge >= 0.3 is 0 Å². The molecule has 0 aliphatic heterocycles. The van der Waals surface area contributed by atoms with Crippen LogP contribution in [0.5, 0.6) is 0 Å². The Morgan fingerprint density at radius 2 is 2.20 bits per heavy atom. The minimum Gasteiger partial charge on any atom is -0.423 e. The first-order valence-corrected chi connectivity index (χ1v) is 4.46. The molecule has 1 aromatic heterocycles. The normalized spacial score (nSPS) is 10.5. The first-order chi connectivity index (χ1) is 7.09. The van der Waals surface area contributed by atoms with E-state index in [4.69, 9.17) is 10.2 Å². The maximum atomic E-state index is 11.1. The molecule has 0 saturated carbocycles. The van der Waals surface area contributed by atoms with Crippen molar-refractivity contribution in [3.8, 4) is 0 Å². The molecule has 0 saturated heterocycles. The monoisotopic (exact) mass is 205 g/mol. The Kier molecular flexibility index (Phi) is 2.07. The Morgan fingerprint density at radius 1 is 1.47 bits per heavy atom. The highest BCUT2D eigenvalue weighted by Crippen LogP contribution is 2.23. The van der Waals surface area contributed by atoms with Gasteiger partial charge in [-0.25, -0.2) is 0 Å². The van der Waals surface area contributed by atoms with Crippen LogP contribution in [-0.4, -0.2) is 25.0 Å². The number of aromatic nitrogens is 1. The summed E-state index contributed by atoms with van der Waals surface area (Å²) >= 11 is 0. The van der Waals surface area contributed by atoms with Gasteiger partial charge in [0.1, 0.15) is 5.52 Å². The third-order valence-corrected chi connectivity index (χ3v) is 2.06. The van der Waals surface area contributed by atoms with Crippen LogP contribution in [0.15, 0.2) is 22.6 Å². The lowest BCUT2D eigenvalue weighted by molar-refractivity contribution is 0.100. The minimum atomic E-state index is -0.501. The second-order valence-electron chi connectivity index (χ2n) is 3.41. The third-order valence-electron chi connectivity index (χ3n) is 2.06. The largest absolute Gasteiger partial charge is 0.423 e. The predicted molar refractivity (Wildman–Crippen MR) is 56.9 cm³/mol. The first-order valence-electron chi connectivity index (χ1n) is 4.46. The maximum absolute atomic E-state index is 11.1. The summed E-state index contributed by atoms with van der Waals surface area (Å²) in [6, 6.07) is 5.56. The zero-order valence-corrected chi connectivity index (χ0v) is 8.52. The molecule has 1 heterocycles. The molecule has 0 aliphatic carbocycles. The second kappa shape index (κ2) is 3.27. The summed E-state index contributed by atoms with van der Waals surface area (Å²) in [5.74, 6) is -0.501. The van der Waals surface area contributed by atoms with Crippen LogP contribution in [0.4, 0.5) is 6.01 Å². The molecule has 2 rings (SSSR count). The van der Waals surface area contributed by atoms with Crippen LogP contribution in [0.2, 0.25) is 0 Å². The Bertz CT molecular complexity index is 516. The Balaban J connectivity index is 2.70. The molecule has 0 aliphatic rings. The molecule has 0 unspecified atom stereocenters. The molecule has 0 bridgehead atoms. The summed E-state index contributed by atoms with van der Waals surface area (Å²) in [6.07, 6.45) is 0. The Morgan fingerprint density at radius 3 is 2.80 bits per heavy atom. The lowest BCUT2D eigenvalue weighted by Gasteiger charge is -2.03. The van der Waals surface area contributed by atoms with E-state index in [1.54, 1.807) is 23.1 Å². The first kappa shape index (κ1) is 9.51. The smallest absolute Gasteiger partial charge is 0.297 e. The summed E-state index contributed by atoms with van der Waals surface area (Å²) in [6.45, 7) is 0. The van der Waals surface area contributed by atoms with Gasteiger partial charge in [0.05, 0.1) is 5.56 Å². The summed E-state index contributed by atoms with van der Waals surface area (Å²) in [7, 11) is 3.63. The highest BCUT2D eigenvalue weighted by atomic mass is 16.4. The van der Waals surface area contributed by atoms with Gasteiger partial charge in [-0.05, 0) is 12.1 Å². The molecule has 0 radical (unpaired) electrons. The number of benzene rings is 1. The number of para-hydroxylation sites is 1. The van der Waals surface area contributed by atoms with Gasteiger partial charge in [-0.2, -0.15) is 4.98 Å². The van der Waals surface area contributed by atoms with Gasteiger partial charge in [0.2, 0.25) is 0 Å². The van der Waals surface area contributed by atoms with Crippen LogP contribution in [-0.2, 0) is 0 Å². The number of rotatable bonds is 2. The fraction of sp³-hybridized carbons (Fsp3) is 0.200. The van der Waals surface area contributed by atoms with Crippen LogP contribution in [0.3, 0.4) is 0 Å². The summed E-state index contributed by atoms with van der Waals surface area (Å²) in [4.78, 5) is 17.0. The highest BCUT2D eigenvalue weighted by Gasteiger charge is 2.13. The molecular weight excluding hydrogens is 194 g/mol. The highest BCUT2D eigenvalue weighted by molar-refractivity contribution is 6.03. The molecule has 0 spiro atoms. The van der Waals surface area contributed by atoms with Crippen LogP contribution < -0.4 is 10.6 Å². The summed E-state index contributed by atoms with van der Waals surface area (Å²) in [5, 5.41) is 0. The van der Waals surface area contributed by atoms with Crippen molar-refractivity contribution < 1.29 is 9.21 Å². The maximum Gasteiger partial charge on any atom is 0.297 e. The topological polar surface area (TPSA) is 72.4 Å². The average Bonchev–Trinajstić information content (AvgIpc) is 2.60. The van der Waals surface area contributed by atoms with Crippen LogP contribution in [0.1, 0.15) is 10.4 Å². The van der Waals surface area contributed by atoms with Gasteiger partial charge in [0.25, 0.3) is 11.9 Å². The predicted octanol–water partition coefficient (Wildman–Crippen LogP) is 0.993. The average molecular weight is 205 g/mol. The molecule has 0 atom stereocenters. The lowest BCUT2D eigenvalue weighted by atomic mass is 10.2. The number of nitrogens with zero attached hydrogens (tertiary/aromatic N) is 2. The number of anilines is 1. The van der Waals surface area contributed by atoms with E-state index >= 15 is 0 Å². The van der Waals surface area contributed by atoms with Crippen LogP contribution in [0.25, 0.3) is 11.1 Å². The van der Waals surface area contributed by atoms with Gasteiger partial charge < -0.3 is 15.1 Å². The number of fused-ring (bicyclic) bond motifs is 1. The molecule has 5 heteroatoms. The van der Waals surface area contributed by atoms with Crippen molar-refractivity contribution in [2.24, 2.45) is 5.73 Å². The Hall–Kier alpha value is -2.04. The third kappa shape index (κ3) is 1.52. The number of nitrogens with two attached hydrogens (primary N) is 1. The van der Waals surface area contributed by atoms with Gasteiger partial charge in [0, 0.05) is 14.1 Å². The zero-order valence-electron chi connectivity index (χ0n) is 8.52. The molecule has 2 aromatic rings. The summed E-state index contributed by atoms with van der Waals surface area (Å²) in [5.41, 5.74) is 6.68. The molecule has 2 N–H and O–H groups in total. The van der Waals surface area contributed by atoms with Gasteiger partial charge in [-0.3, -0.25) is 4.79 Å². The summed E-state index contributed by atoms with van der Waals surface area (Å²) < 4.78 is 5.43. The number of hydrogen-bond acceptors (Lipinski definition) is 4. The van der Waals surface area contributed by atoms with E-state index in [9.17, 15) is 4.79 Å². The quantitative estimate of drug-likeness (QED) is 0.793. The van der Waals surface area contributed by atoms with E-state index in [1.165, 1.54) is 0 Å². The standard InChI is InChI=1S/C10H11N3O2/c1-13(2)10-12-8-6(9(11)14)4-3-5-7(8)15-10/h3-5H,1-2H3,(H2,11,14). The number of hydrogen-bond donors (Lipinski definition) is 1. The molecule has 1 aromatic carbocycles. The molecule has 15 heavy (non-hydrogen) atoms. The minimum absolute atomic E-state index is 0.379. The lowest BCUT2D eigenvalue weighted by Crippen LogP contribution is -2.11. The number of primary amides is 1. The van der Waals surface area contributed by atoms with Crippen molar-refractivity contribution in [3.05, 3.63) is 23.8 Å². The SMILES string of the molecule is CN(C)c1nc2c(C(N)=O)cccc2o1. The molecule has 78 valence electrons. The van der Waals surface area contributed by atoms with E-state index in [0.717, 1.165) is 0 Å². The fourth-order valence-electron chi connectivity index (χ4n) is 1.33. The van der Waals surface area contributed by atoms with E-state index in [1.807, 2.05) is 14.1 Å². The van der Waals surface area contributed by atoms with E-state index in [0.29, 0.717) is 22.7 Å². The van der Waals surface area contributed by atoms with Gasteiger partial charge in [-0.1, -0.05) is 6.07 Å². The Labute approximate surface area is 86.5 Å². The zero-order chi connectivity index (χ0) is 11.0. The van der Waals surface area contributed by atoms with Gasteiger partial charge in [0.15, 0.2) is 5.58 Å². The van der Waals surface area contributed by atoms with Crippen molar-refractivity contribution in [3.63, 3.8) is 0 Å². The van der Waals surface area contributed by atoms with Crippen molar-refractivity contribution >= 4 is 23.0 Å². The fourth-order valence-corrected chi connectivity index (χ4v) is 1.33. The van der Waals surface area contributed by atoms with Crippen molar-refractivity contribution in [2.45, 2.75) is 0 Å². The number of carbonyl (C=O) groups is 1. The van der Waals surface area contributed by atoms with Crippen LogP contribution in [0, 0.1) is 0 Å². The van der Waals surface area contributed by atoms with Gasteiger partial charge in [-0.15, -0.1) is 0 Å². The molecular formula is C10H11N3O2. The van der Waals surface area contributed by atoms with E-state index < -0.39 is 5.91 Å². The van der Waals surface area contributed by atoms with Crippen molar-refractivity contribution in [1.82, 2.24) is 4.98 Å². The molecule has 1 amide bonds. The number of amides is 1.